The average molecular weight is 298 g/mol. The van der Waals surface area contributed by atoms with Crippen molar-refractivity contribution in [2.75, 3.05) is 0 Å². The highest BCUT2D eigenvalue weighted by Crippen LogP contribution is 2.27. The summed E-state index contributed by atoms with van der Waals surface area (Å²) < 4.78 is 40.2. The fraction of sp³-hybridized carbons (Fsp3) is 0.0526. The lowest BCUT2D eigenvalue weighted by Crippen LogP contribution is -1.87. The largest absolute Gasteiger partial charge is 0.206 e. The van der Waals surface area contributed by atoms with Gasteiger partial charge in [0.05, 0.1) is 0 Å². The molecule has 0 spiro atoms. The van der Waals surface area contributed by atoms with Gasteiger partial charge in [-0.3, -0.25) is 0 Å². The van der Waals surface area contributed by atoms with Crippen molar-refractivity contribution in [1.82, 2.24) is 0 Å². The summed E-state index contributed by atoms with van der Waals surface area (Å²) in [6, 6.07) is 15.9. The summed E-state index contributed by atoms with van der Waals surface area (Å²) >= 11 is 0. The number of hydrogen-bond acceptors (Lipinski definition) is 0. The lowest BCUT2D eigenvalue weighted by molar-refractivity contribution is 0.509. The van der Waals surface area contributed by atoms with Crippen molar-refractivity contribution in [3.8, 4) is 22.3 Å². The summed E-state index contributed by atoms with van der Waals surface area (Å²) in [6.07, 6.45) is 0. The van der Waals surface area contributed by atoms with E-state index < -0.39 is 11.6 Å². The van der Waals surface area contributed by atoms with Crippen molar-refractivity contribution in [3.05, 3.63) is 83.7 Å². The van der Waals surface area contributed by atoms with Crippen LogP contribution in [-0.2, 0) is 0 Å². The molecule has 3 aromatic carbocycles. The van der Waals surface area contributed by atoms with Crippen LogP contribution >= 0.6 is 0 Å². The van der Waals surface area contributed by atoms with Crippen LogP contribution in [0.2, 0.25) is 0 Å². The van der Waals surface area contributed by atoms with Gasteiger partial charge in [0.25, 0.3) is 0 Å². The fourth-order valence-corrected chi connectivity index (χ4v) is 2.37. The van der Waals surface area contributed by atoms with Gasteiger partial charge in [-0.15, -0.1) is 0 Å². The summed E-state index contributed by atoms with van der Waals surface area (Å²) in [5, 5.41) is 0. The Morgan fingerprint density at radius 2 is 1.18 bits per heavy atom. The molecule has 0 unspecified atom stereocenters. The molecule has 0 heterocycles. The van der Waals surface area contributed by atoms with Gasteiger partial charge < -0.3 is 0 Å². The van der Waals surface area contributed by atoms with Crippen molar-refractivity contribution < 1.29 is 13.2 Å². The Hall–Kier alpha value is -2.55. The topological polar surface area (TPSA) is 0 Å². The number of rotatable bonds is 2. The van der Waals surface area contributed by atoms with Gasteiger partial charge in [-0.1, -0.05) is 42.5 Å². The highest BCUT2D eigenvalue weighted by Gasteiger charge is 2.07. The highest BCUT2D eigenvalue weighted by molar-refractivity contribution is 5.70. The molecule has 3 aromatic rings. The third-order valence-corrected chi connectivity index (χ3v) is 3.57. The van der Waals surface area contributed by atoms with Gasteiger partial charge in [0.1, 0.15) is 5.82 Å². The maximum absolute atomic E-state index is 14.0. The molecule has 110 valence electrons. The Morgan fingerprint density at radius 1 is 0.545 bits per heavy atom. The summed E-state index contributed by atoms with van der Waals surface area (Å²) in [5.74, 6) is -2.03. The molecule has 0 aliphatic carbocycles. The molecule has 0 radical (unpaired) electrons. The fourth-order valence-electron chi connectivity index (χ4n) is 2.37. The van der Waals surface area contributed by atoms with E-state index >= 15 is 0 Å². The van der Waals surface area contributed by atoms with Crippen LogP contribution in [0.1, 0.15) is 5.56 Å². The molecule has 0 N–H and O–H groups in total. The zero-order chi connectivity index (χ0) is 15.7. The molecule has 0 amide bonds. The van der Waals surface area contributed by atoms with Crippen LogP contribution in [0.15, 0.2) is 60.7 Å². The van der Waals surface area contributed by atoms with E-state index in [-0.39, 0.29) is 5.82 Å². The smallest absolute Gasteiger partial charge is 0.159 e. The van der Waals surface area contributed by atoms with Crippen molar-refractivity contribution in [2.45, 2.75) is 6.92 Å². The van der Waals surface area contributed by atoms with E-state index in [1.807, 2.05) is 13.0 Å². The van der Waals surface area contributed by atoms with Crippen LogP contribution in [0.3, 0.4) is 0 Å². The predicted molar refractivity (Wildman–Crippen MR) is 81.9 cm³/mol. The maximum atomic E-state index is 14.0. The van der Waals surface area contributed by atoms with Crippen LogP contribution in [0.4, 0.5) is 13.2 Å². The molecule has 0 atom stereocenters. The van der Waals surface area contributed by atoms with Crippen molar-refractivity contribution in [1.29, 1.82) is 0 Å². The zero-order valence-electron chi connectivity index (χ0n) is 11.9. The SMILES string of the molecule is Cc1ccc(-c2ccc(-c3ccc(F)c(F)c3)cc2)c(F)c1. The van der Waals surface area contributed by atoms with Crippen LogP contribution < -0.4 is 0 Å². The molecular weight excluding hydrogens is 285 g/mol. The summed E-state index contributed by atoms with van der Waals surface area (Å²) in [7, 11) is 0. The van der Waals surface area contributed by atoms with Crippen LogP contribution in [0.5, 0.6) is 0 Å². The Kier molecular flexibility index (Phi) is 3.72. The Morgan fingerprint density at radius 3 is 1.82 bits per heavy atom. The van der Waals surface area contributed by atoms with E-state index in [4.69, 9.17) is 0 Å². The second kappa shape index (κ2) is 5.68. The zero-order valence-corrected chi connectivity index (χ0v) is 11.9. The normalized spacial score (nSPS) is 10.7. The second-order valence-corrected chi connectivity index (χ2v) is 5.19. The third kappa shape index (κ3) is 2.75. The molecular formula is C19H13F3. The molecule has 0 aliphatic rings. The number of hydrogen-bond donors (Lipinski definition) is 0. The standard InChI is InChI=1S/C19H13F3/c1-12-2-8-16(18(21)10-12)14-5-3-13(4-6-14)15-7-9-17(20)19(22)11-15/h2-11H,1H3. The molecule has 0 aliphatic heterocycles. The quantitative estimate of drug-likeness (QED) is 0.565. The molecule has 0 aromatic heterocycles. The van der Waals surface area contributed by atoms with Crippen molar-refractivity contribution >= 4 is 0 Å². The van der Waals surface area contributed by atoms with Gasteiger partial charge in [-0.25, -0.2) is 13.2 Å². The molecule has 3 rings (SSSR count). The molecule has 0 bridgehead atoms. The number of benzene rings is 3. The highest BCUT2D eigenvalue weighted by atomic mass is 19.2. The summed E-state index contributed by atoms with van der Waals surface area (Å²) in [6.45, 7) is 1.83. The first kappa shape index (κ1) is 14.4. The first-order chi connectivity index (χ1) is 10.5. The average Bonchev–Trinajstić information content (AvgIpc) is 2.50. The van der Waals surface area contributed by atoms with Gasteiger partial charge in [0.2, 0.25) is 0 Å². The van der Waals surface area contributed by atoms with Crippen LogP contribution in [0, 0.1) is 24.4 Å². The Balaban J connectivity index is 1.97. The van der Waals surface area contributed by atoms with Crippen LogP contribution in [-0.4, -0.2) is 0 Å². The lowest BCUT2D eigenvalue weighted by Gasteiger charge is -2.07. The minimum atomic E-state index is -0.883. The first-order valence-corrected chi connectivity index (χ1v) is 6.86. The van der Waals surface area contributed by atoms with Crippen LogP contribution in [0.25, 0.3) is 22.3 Å². The van der Waals surface area contributed by atoms with E-state index in [1.54, 1.807) is 30.3 Å². The second-order valence-electron chi connectivity index (χ2n) is 5.19. The van der Waals surface area contributed by atoms with E-state index in [9.17, 15) is 13.2 Å². The van der Waals surface area contributed by atoms with E-state index in [0.717, 1.165) is 28.8 Å². The van der Waals surface area contributed by atoms with Gasteiger partial charge in [0, 0.05) is 5.56 Å². The molecule has 0 saturated heterocycles. The molecule has 0 saturated carbocycles. The lowest BCUT2D eigenvalue weighted by atomic mass is 9.99. The van der Waals surface area contributed by atoms with Crippen molar-refractivity contribution in [2.24, 2.45) is 0 Å². The molecule has 0 fully saturated rings. The Bertz CT molecular complexity index is 821. The Labute approximate surface area is 126 Å². The number of halogens is 3. The molecule has 0 nitrogen and oxygen atoms in total. The third-order valence-electron chi connectivity index (χ3n) is 3.57. The predicted octanol–water partition coefficient (Wildman–Crippen LogP) is 5.75. The minimum Gasteiger partial charge on any atom is -0.206 e. The van der Waals surface area contributed by atoms with Gasteiger partial charge >= 0.3 is 0 Å². The maximum Gasteiger partial charge on any atom is 0.159 e. The monoisotopic (exact) mass is 298 g/mol. The molecule has 3 heteroatoms. The first-order valence-electron chi connectivity index (χ1n) is 6.86. The van der Waals surface area contributed by atoms with Gasteiger partial charge in [-0.2, -0.15) is 0 Å². The van der Waals surface area contributed by atoms with E-state index in [1.165, 1.54) is 12.1 Å². The van der Waals surface area contributed by atoms with E-state index in [0.29, 0.717) is 11.1 Å². The summed E-state index contributed by atoms with van der Waals surface area (Å²) in [5.41, 5.74) is 3.44. The van der Waals surface area contributed by atoms with E-state index in [2.05, 4.69) is 0 Å². The number of aryl methyl sites for hydroxylation is 1. The minimum absolute atomic E-state index is 0.277. The van der Waals surface area contributed by atoms with Crippen molar-refractivity contribution in [3.63, 3.8) is 0 Å². The summed E-state index contributed by atoms with van der Waals surface area (Å²) in [4.78, 5) is 0. The molecule has 22 heavy (non-hydrogen) atoms. The van der Waals surface area contributed by atoms with Gasteiger partial charge in [-0.05, 0) is 47.4 Å². The van der Waals surface area contributed by atoms with Gasteiger partial charge in [0.15, 0.2) is 11.6 Å².